The number of aliphatic hydroxyl groups is 3. The van der Waals surface area contributed by atoms with Crippen molar-refractivity contribution in [2.45, 2.75) is 31.1 Å². The first kappa shape index (κ1) is 18.4. The fourth-order valence-electron chi connectivity index (χ4n) is 3.17. The molecule has 0 saturated carbocycles. The van der Waals surface area contributed by atoms with E-state index < -0.39 is 31.1 Å². The molecule has 0 amide bonds. The quantitative estimate of drug-likeness (QED) is 0.312. The van der Waals surface area contributed by atoms with Gasteiger partial charge in [-0.3, -0.25) is 4.57 Å². The van der Waals surface area contributed by atoms with Gasteiger partial charge in [0.15, 0.2) is 23.2 Å². The van der Waals surface area contributed by atoms with E-state index in [9.17, 15) is 25.5 Å². The number of imidazole rings is 1. The summed E-state index contributed by atoms with van der Waals surface area (Å²) in [5.41, 5.74) is 1.21. The third-order valence-corrected chi connectivity index (χ3v) is 4.66. The van der Waals surface area contributed by atoms with E-state index in [1.807, 2.05) is 0 Å². The topological polar surface area (TPSA) is 166 Å². The van der Waals surface area contributed by atoms with E-state index in [1.165, 1.54) is 35.4 Å². The van der Waals surface area contributed by atoms with Crippen molar-refractivity contribution in [3.63, 3.8) is 0 Å². The number of nitrogens with zero attached hydrogens (tertiary/aromatic N) is 4. The minimum Gasteiger partial charge on any atom is -0.508 e. The second-order valence-corrected chi connectivity index (χ2v) is 6.44. The number of benzene rings is 1. The minimum absolute atomic E-state index is 0.0210. The molecule has 6 N–H and O–H groups in total. The maximum absolute atomic E-state index is 10.2. The first-order chi connectivity index (χ1) is 13.5. The van der Waals surface area contributed by atoms with Gasteiger partial charge in [0.05, 0.1) is 12.9 Å². The fraction of sp³-hybridized carbons (Fsp3) is 0.353. The van der Waals surface area contributed by atoms with Gasteiger partial charge in [-0.1, -0.05) is 0 Å². The summed E-state index contributed by atoms with van der Waals surface area (Å²) in [5, 5.41) is 51.9. The molecule has 0 unspecified atom stereocenters. The Morgan fingerprint density at radius 3 is 2.68 bits per heavy atom. The number of hydrogen-bond donors (Lipinski definition) is 6. The monoisotopic (exact) mass is 389 g/mol. The number of hydrogen-bond acceptors (Lipinski definition) is 10. The molecule has 28 heavy (non-hydrogen) atoms. The number of phenols is 2. The van der Waals surface area contributed by atoms with Gasteiger partial charge in [-0.2, -0.15) is 0 Å². The van der Waals surface area contributed by atoms with Gasteiger partial charge in [0.2, 0.25) is 0 Å². The van der Waals surface area contributed by atoms with Gasteiger partial charge in [-0.05, 0) is 18.2 Å². The van der Waals surface area contributed by atoms with Crippen molar-refractivity contribution in [2.24, 2.45) is 0 Å². The zero-order chi connectivity index (χ0) is 19.8. The molecule has 0 aliphatic carbocycles. The van der Waals surface area contributed by atoms with E-state index in [2.05, 4.69) is 20.3 Å². The lowest BCUT2D eigenvalue weighted by Gasteiger charge is -2.16. The largest absolute Gasteiger partial charge is 0.508 e. The molecule has 3 aromatic rings. The summed E-state index contributed by atoms with van der Waals surface area (Å²) in [4.78, 5) is 12.6. The SMILES string of the molecule is OC[C@H]1O[C@@H](n2cnc3c(NCc4cc(O)ccc4O)ncnc32)[C@H](O)[C@@H]1O. The highest BCUT2D eigenvalue weighted by Gasteiger charge is 2.44. The molecule has 11 nitrogen and oxygen atoms in total. The molecule has 1 aliphatic heterocycles. The van der Waals surface area contributed by atoms with E-state index in [0.29, 0.717) is 22.5 Å². The second kappa shape index (κ2) is 7.20. The standard InChI is InChI=1S/C17H19N5O6/c23-5-11-13(26)14(27)17(28-11)22-7-21-12-15(19-6-20-16(12)22)18-4-8-3-9(24)1-2-10(8)25/h1-3,6-7,11,13-14,17,23-27H,4-5H2,(H,18,19,20)/t11-,13-,14-,17-/m1/s1. The number of phenolic OH excluding ortho intramolecular Hbond substituents is 2. The van der Waals surface area contributed by atoms with Crippen LogP contribution in [0, 0.1) is 0 Å². The van der Waals surface area contributed by atoms with Crippen LogP contribution in [0.3, 0.4) is 0 Å². The van der Waals surface area contributed by atoms with Crippen molar-refractivity contribution >= 4 is 17.0 Å². The van der Waals surface area contributed by atoms with Crippen LogP contribution in [0.2, 0.25) is 0 Å². The lowest BCUT2D eigenvalue weighted by atomic mass is 10.1. The number of aromatic hydroxyl groups is 2. The summed E-state index contributed by atoms with van der Waals surface area (Å²) in [6.45, 7) is -0.260. The van der Waals surface area contributed by atoms with Crippen LogP contribution < -0.4 is 5.32 Å². The maximum atomic E-state index is 10.2. The molecule has 0 radical (unpaired) electrons. The number of anilines is 1. The van der Waals surface area contributed by atoms with Gasteiger partial charge in [-0.15, -0.1) is 0 Å². The number of fused-ring (bicyclic) bond motifs is 1. The third-order valence-electron chi connectivity index (χ3n) is 4.66. The van der Waals surface area contributed by atoms with Crippen molar-refractivity contribution < 1.29 is 30.3 Å². The minimum atomic E-state index is -1.26. The van der Waals surface area contributed by atoms with Gasteiger partial charge in [0, 0.05) is 12.1 Å². The Balaban J connectivity index is 1.61. The number of nitrogens with one attached hydrogen (secondary N) is 1. The van der Waals surface area contributed by atoms with Crippen LogP contribution in [0.4, 0.5) is 5.82 Å². The Labute approximate surface area is 158 Å². The van der Waals surface area contributed by atoms with Crippen molar-refractivity contribution in [1.29, 1.82) is 0 Å². The Hall–Kier alpha value is -2.99. The third kappa shape index (κ3) is 3.10. The number of ether oxygens (including phenoxy) is 1. The number of rotatable bonds is 5. The van der Waals surface area contributed by atoms with Crippen LogP contribution in [-0.4, -0.2) is 70.0 Å². The summed E-state index contributed by atoms with van der Waals surface area (Å²) in [6.07, 6.45) is -1.67. The van der Waals surface area contributed by atoms with E-state index in [1.54, 1.807) is 0 Å². The summed E-state index contributed by atoms with van der Waals surface area (Å²) < 4.78 is 6.97. The molecular weight excluding hydrogens is 370 g/mol. The lowest BCUT2D eigenvalue weighted by molar-refractivity contribution is -0.0511. The summed E-state index contributed by atoms with van der Waals surface area (Å²) in [5.74, 6) is 0.418. The lowest BCUT2D eigenvalue weighted by Crippen LogP contribution is -2.33. The molecule has 148 valence electrons. The Morgan fingerprint density at radius 2 is 1.93 bits per heavy atom. The van der Waals surface area contributed by atoms with Crippen LogP contribution in [0.5, 0.6) is 11.5 Å². The van der Waals surface area contributed by atoms with Crippen molar-refractivity contribution in [1.82, 2.24) is 19.5 Å². The molecule has 2 aromatic heterocycles. The molecule has 1 saturated heterocycles. The smallest absolute Gasteiger partial charge is 0.167 e. The van der Waals surface area contributed by atoms with E-state index in [-0.39, 0.29) is 18.0 Å². The molecule has 3 heterocycles. The van der Waals surface area contributed by atoms with E-state index >= 15 is 0 Å². The van der Waals surface area contributed by atoms with Crippen LogP contribution in [0.1, 0.15) is 11.8 Å². The molecule has 4 atom stereocenters. The predicted octanol–water partition coefficient (Wildman–Crippen LogP) is -0.539. The Kier molecular flexibility index (Phi) is 4.73. The van der Waals surface area contributed by atoms with Gasteiger partial charge in [0.1, 0.15) is 36.1 Å². The molecule has 0 bridgehead atoms. The Morgan fingerprint density at radius 1 is 1.11 bits per heavy atom. The van der Waals surface area contributed by atoms with E-state index in [4.69, 9.17) is 4.74 Å². The zero-order valence-corrected chi connectivity index (χ0v) is 14.5. The molecule has 1 aliphatic rings. The normalized spacial score (nSPS) is 24.7. The zero-order valence-electron chi connectivity index (χ0n) is 14.5. The predicted molar refractivity (Wildman–Crippen MR) is 95.4 cm³/mol. The van der Waals surface area contributed by atoms with Gasteiger partial charge in [0.25, 0.3) is 0 Å². The van der Waals surface area contributed by atoms with E-state index in [0.717, 1.165) is 0 Å². The van der Waals surface area contributed by atoms with Crippen LogP contribution >= 0.6 is 0 Å². The second-order valence-electron chi connectivity index (χ2n) is 6.44. The Bertz CT molecular complexity index is 995. The van der Waals surface area contributed by atoms with Crippen LogP contribution in [0.25, 0.3) is 11.2 Å². The van der Waals surface area contributed by atoms with Crippen LogP contribution in [-0.2, 0) is 11.3 Å². The highest BCUT2D eigenvalue weighted by Crippen LogP contribution is 2.32. The van der Waals surface area contributed by atoms with Gasteiger partial charge >= 0.3 is 0 Å². The first-order valence-corrected chi connectivity index (χ1v) is 8.54. The summed E-state index contributed by atoms with van der Waals surface area (Å²) >= 11 is 0. The fourth-order valence-corrected chi connectivity index (χ4v) is 3.17. The average Bonchev–Trinajstić information content (AvgIpc) is 3.24. The molecule has 1 aromatic carbocycles. The molecule has 0 spiro atoms. The first-order valence-electron chi connectivity index (χ1n) is 8.54. The van der Waals surface area contributed by atoms with Gasteiger partial charge in [-0.25, -0.2) is 15.0 Å². The van der Waals surface area contributed by atoms with Gasteiger partial charge < -0.3 is 35.6 Å². The number of aromatic nitrogens is 4. The molecule has 4 rings (SSSR count). The number of aliphatic hydroxyl groups excluding tert-OH is 3. The highest BCUT2D eigenvalue weighted by atomic mass is 16.6. The highest BCUT2D eigenvalue weighted by molar-refractivity contribution is 5.82. The summed E-state index contributed by atoms with van der Waals surface area (Å²) in [6, 6.07) is 4.20. The van der Waals surface area contributed by atoms with Crippen LogP contribution in [0.15, 0.2) is 30.9 Å². The van der Waals surface area contributed by atoms with Crippen molar-refractivity contribution in [3.05, 3.63) is 36.4 Å². The average molecular weight is 389 g/mol. The molecule has 1 fully saturated rings. The molecular formula is C17H19N5O6. The summed E-state index contributed by atoms with van der Waals surface area (Å²) in [7, 11) is 0. The maximum Gasteiger partial charge on any atom is 0.167 e. The van der Waals surface area contributed by atoms with Crippen molar-refractivity contribution in [3.8, 4) is 11.5 Å². The molecule has 11 heteroatoms. The van der Waals surface area contributed by atoms with Crippen molar-refractivity contribution in [2.75, 3.05) is 11.9 Å².